The molecule has 1 aromatic carbocycles. The fourth-order valence-electron chi connectivity index (χ4n) is 1.68. The fraction of sp³-hybridized carbons (Fsp3) is 0.154. The average Bonchev–Trinajstić information content (AvgIpc) is 2.32. The Morgan fingerprint density at radius 1 is 1.29 bits per heavy atom. The molecule has 0 aliphatic heterocycles. The van der Waals surface area contributed by atoms with Gasteiger partial charge in [0, 0.05) is 30.1 Å². The number of benzene rings is 1. The summed E-state index contributed by atoms with van der Waals surface area (Å²) in [5.41, 5.74) is 8.08. The normalized spacial score (nSPS) is 10.2. The van der Waals surface area contributed by atoms with Crippen LogP contribution in [0.25, 0.3) is 0 Å². The van der Waals surface area contributed by atoms with Gasteiger partial charge in [-0.2, -0.15) is 0 Å². The molecule has 1 aromatic heterocycles. The van der Waals surface area contributed by atoms with E-state index in [2.05, 4.69) is 4.98 Å². The van der Waals surface area contributed by atoms with Crippen molar-refractivity contribution in [3.63, 3.8) is 0 Å². The van der Waals surface area contributed by atoms with Crippen LogP contribution in [0.2, 0.25) is 0 Å². The smallest absolute Gasteiger partial charge is 0.123 e. The Hall–Kier alpha value is -2.10. The third-order valence-electron chi connectivity index (χ3n) is 2.56. The number of anilines is 1. The minimum absolute atomic E-state index is 0.289. The van der Waals surface area contributed by atoms with Crippen molar-refractivity contribution in [2.75, 3.05) is 12.8 Å². The molecule has 4 heteroatoms. The van der Waals surface area contributed by atoms with Crippen LogP contribution in [0.4, 0.5) is 10.1 Å². The van der Waals surface area contributed by atoms with Crippen LogP contribution in [0.1, 0.15) is 11.1 Å². The predicted octanol–water partition coefficient (Wildman–Crippen LogP) is 2.40. The summed E-state index contributed by atoms with van der Waals surface area (Å²) in [6.45, 7) is 0. The van der Waals surface area contributed by atoms with Crippen molar-refractivity contribution >= 4 is 5.69 Å². The molecule has 2 N–H and O–H groups in total. The van der Waals surface area contributed by atoms with E-state index in [0.717, 1.165) is 11.1 Å². The van der Waals surface area contributed by atoms with E-state index < -0.39 is 0 Å². The Bertz CT molecular complexity index is 529. The third kappa shape index (κ3) is 2.53. The van der Waals surface area contributed by atoms with Gasteiger partial charge in [-0.3, -0.25) is 4.98 Å². The largest absolute Gasteiger partial charge is 0.496 e. The van der Waals surface area contributed by atoms with Crippen molar-refractivity contribution in [2.24, 2.45) is 0 Å². The maximum absolute atomic E-state index is 13.2. The highest BCUT2D eigenvalue weighted by molar-refractivity contribution is 5.48. The van der Waals surface area contributed by atoms with Crippen LogP contribution in [0.15, 0.2) is 36.7 Å². The highest BCUT2D eigenvalue weighted by Gasteiger charge is 2.07. The Morgan fingerprint density at radius 3 is 2.82 bits per heavy atom. The van der Waals surface area contributed by atoms with Gasteiger partial charge in [0.1, 0.15) is 11.6 Å². The van der Waals surface area contributed by atoms with Gasteiger partial charge in [-0.25, -0.2) is 4.39 Å². The van der Waals surface area contributed by atoms with Crippen molar-refractivity contribution < 1.29 is 9.13 Å². The van der Waals surface area contributed by atoms with Gasteiger partial charge >= 0.3 is 0 Å². The molecule has 0 unspecified atom stereocenters. The van der Waals surface area contributed by atoms with Crippen molar-refractivity contribution in [1.82, 2.24) is 4.98 Å². The first-order chi connectivity index (χ1) is 8.20. The van der Waals surface area contributed by atoms with Gasteiger partial charge in [0.15, 0.2) is 0 Å². The summed E-state index contributed by atoms with van der Waals surface area (Å²) in [4.78, 5) is 4.01. The Kier molecular flexibility index (Phi) is 3.23. The average molecular weight is 232 g/mol. The van der Waals surface area contributed by atoms with Gasteiger partial charge < -0.3 is 10.5 Å². The van der Waals surface area contributed by atoms with Crippen molar-refractivity contribution in [3.8, 4) is 5.75 Å². The maximum Gasteiger partial charge on any atom is 0.123 e. The summed E-state index contributed by atoms with van der Waals surface area (Å²) < 4.78 is 18.4. The van der Waals surface area contributed by atoms with E-state index in [0.29, 0.717) is 17.9 Å². The van der Waals surface area contributed by atoms with Crippen LogP contribution < -0.4 is 10.5 Å². The number of rotatable bonds is 3. The van der Waals surface area contributed by atoms with E-state index >= 15 is 0 Å². The zero-order chi connectivity index (χ0) is 12.3. The summed E-state index contributed by atoms with van der Waals surface area (Å²) in [6, 6.07) is 6.15. The molecule has 17 heavy (non-hydrogen) atoms. The molecule has 0 atom stereocenters. The maximum atomic E-state index is 13.2. The van der Waals surface area contributed by atoms with Crippen LogP contribution in [0.5, 0.6) is 5.75 Å². The Labute approximate surface area is 99.1 Å². The van der Waals surface area contributed by atoms with Gasteiger partial charge in [-0.1, -0.05) is 0 Å². The van der Waals surface area contributed by atoms with Gasteiger partial charge in [0.25, 0.3) is 0 Å². The Balaban J connectivity index is 2.35. The molecule has 0 fully saturated rings. The van der Waals surface area contributed by atoms with E-state index in [-0.39, 0.29) is 5.82 Å². The SMILES string of the molecule is COc1ccc(F)cc1Cc1cnccc1N. The van der Waals surface area contributed by atoms with Crippen LogP contribution in [-0.4, -0.2) is 12.1 Å². The van der Waals surface area contributed by atoms with E-state index in [9.17, 15) is 4.39 Å². The Morgan fingerprint density at radius 2 is 2.12 bits per heavy atom. The van der Waals surface area contributed by atoms with Crippen LogP contribution in [0, 0.1) is 5.82 Å². The van der Waals surface area contributed by atoms with E-state index in [4.69, 9.17) is 10.5 Å². The monoisotopic (exact) mass is 232 g/mol. The molecule has 0 radical (unpaired) electrons. The van der Waals surface area contributed by atoms with Gasteiger partial charge in [0.2, 0.25) is 0 Å². The lowest BCUT2D eigenvalue weighted by Crippen LogP contribution is -1.99. The number of methoxy groups -OCH3 is 1. The molecule has 0 saturated heterocycles. The number of halogens is 1. The molecular weight excluding hydrogens is 219 g/mol. The van der Waals surface area contributed by atoms with Crippen LogP contribution in [-0.2, 0) is 6.42 Å². The second kappa shape index (κ2) is 4.82. The second-order valence-electron chi connectivity index (χ2n) is 3.71. The molecule has 0 spiro atoms. The quantitative estimate of drug-likeness (QED) is 0.884. The number of nitrogen functional groups attached to an aromatic ring is 1. The number of ether oxygens (including phenoxy) is 1. The predicted molar refractivity (Wildman–Crippen MR) is 64.4 cm³/mol. The van der Waals surface area contributed by atoms with Crippen molar-refractivity contribution in [1.29, 1.82) is 0 Å². The molecule has 3 nitrogen and oxygen atoms in total. The number of nitrogens with two attached hydrogens (primary N) is 1. The first-order valence-electron chi connectivity index (χ1n) is 5.21. The molecule has 0 saturated carbocycles. The molecular formula is C13H13FN2O. The highest BCUT2D eigenvalue weighted by atomic mass is 19.1. The van der Waals surface area contributed by atoms with E-state index in [1.165, 1.54) is 12.1 Å². The molecule has 0 aliphatic carbocycles. The third-order valence-corrected chi connectivity index (χ3v) is 2.56. The molecule has 0 bridgehead atoms. The lowest BCUT2D eigenvalue weighted by atomic mass is 10.0. The molecule has 2 rings (SSSR count). The second-order valence-corrected chi connectivity index (χ2v) is 3.71. The van der Waals surface area contributed by atoms with Gasteiger partial charge in [-0.15, -0.1) is 0 Å². The lowest BCUT2D eigenvalue weighted by Gasteiger charge is -2.09. The molecule has 2 aromatic rings. The number of hydrogen-bond donors (Lipinski definition) is 1. The molecule has 88 valence electrons. The number of nitrogens with zero attached hydrogens (tertiary/aromatic N) is 1. The first-order valence-corrected chi connectivity index (χ1v) is 5.21. The highest BCUT2D eigenvalue weighted by Crippen LogP contribution is 2.24. The topological polar surface area (TPSA) is 48.1 Å². The number of hydrogen-bond acceptors (Lipinski definition) is 3. The molecule has 0 amide bonds. The van der Waals surface area contributed by atoms with Gasteiger partial charge in [0.05, 0.1) is 7.11 Å². The minimum atomic E-state index is -0.289. The number of pyridine rings is 1. The fourth-order valence-corrected chi connectivity index (χ4v) is 1.68. The zero-order valence-electron chi connectivity index (χ0n) is 9.48. The first kappa shape index (κ1) is 11.4. The zero-order valence-corrected chi connectivity index (χ0v) is 9.48. The summed E-state index contributed by atoms with van der Waals surface area (Å²) in [5.74, 6) is 0.359. The summed E-state index contributed by atoms with van der Waals surface area (Å²) in [7, 11) is 1.56. The van der Waals surface area contributed by atoms with Crippen molar-refractivity contribution in [2.45, 2.75) is 6.42 Å². The standard InChI is InChI=1S/C13H13FN2O/c1-17-13-3-2-11(14)7-9(13)6-10-8-16-5-4-12(10)15/h2-5,7-8H,6H2,1H3,(H2,15,16). The number of aromatic nitrogens is 1. The minimum Gasteiger partial charge on any atom is -0.496 e. The summed E-state index contributed by atoms with van der Waals surface area (Å²) in [5, 5.41) is 0. The van der Waals surface area contributed by atoms with E-state index in [1.807, 2.05) is 0 Å². The lowest BCUT2D eigenvalue weighted by molar-refractivity contribution is 0.409. The molecule has 0 aliphatic rings. The van der Waals surface area contributed by atoms with Crippen LogP contribution in [0.3, 0.4) is 0 Å². The summed E-state index contributed by atoms with van der Waals surface area (Å²) >= 11 is 0. The van der Waals surface area contributed by atoms with E-state index in [1.54, 1.807) is 31.6 Å². The molecule has 1 heterocycles. The van der Waals surface area contributed by atoms with Gasteiger partial charge in [-0.05, 0) is 29.8 Å². The summed E-state index contributed by atoms with van der Waals surface area (Å²) in [6.07, 6.45) is 3.81. The van der Waals surface area contributed by atoms with Crippen LogP contribution >= 0.6 is 0 Å². The van der Waals surface area contributed by atoms with Crippen molar-refractivity contribution in [3.05, 3.63) is 53.6 Å².